The van der Waals surface area contributed by atoms with E-state index in [4.69, 9.17) is 21.9 Å². The molecule has 2 aromatic carbocycles. The number of hydrogen-bond donors (Lipinski definition) is 2. The van der Waals surface area contributed by atoms with Crippen LogP contribution in [0.5, 0.6) is 0 Å². The second kappa shape index (κ2) is 7.81. The van der Waals surface area contributed by atoms with E-state index in [1.165, 1.54) is 0 Å². The molecule has 0 fully saturated rings. The summed E-state index contributed by atoms with van der Waals surface area (Å²) in [6, 6.07) is 15.2. The molecule has 0 radical (unpaired) electrons. The Hall–Kier alpha value is -2.86. The summed E-state index contributed by atoms with van der Waals surface area (Å²) in [5, 5.41) is 7.69. The molecule has 0 amide bonds. The molecule has 0 saturated heterocycles. The van der Waals surface area contributed by atoms with Gasteiger partial charge in [-0.05, 0) is 48.9 Å². The molecule has 7 heteroatoms. The molecule has 6 nitrogen and oxygen atoms in total. The van der Waals surface area contributed by atoms with Gasteiger partial charge in [0.2, 0.25) is 11.7 Å². The van der Waals surface area contributed by atoms with Crippen LogP contribution in [-0.4, -0.2) is 22.6 Å². The third-order valence-corrected chi connectivity index (χ3v) is 3.72. The van der Waals surface area contributed by atoms with Gasteiger partial charge in [0.05, 0.1) is 6.54 Å². The van der Waals surface area contributed by atoms with Crippen molar-refractivity contribution in [3.63, 3.8) is 0 Å². The minimum absolute atomic E-state index is 0.350. The lowest BCUT2D eigenvalue weighted by Gasteiger charge is -2.05. The summed E-state index contributed by atoms with van der Waals surface area (Å²) in [5.74, 6) is 1.39. The van der Waals surface area contributed by atoms with Crippen LogP contribution in [0.2, 0.25) is 5.02 Å². The van der Waals surface area contributed by atoms with Gasteiger partial charge in [0.1, 0.15) is 0 Å². The Morgan fingerprint density at radius 3 is 2.80 bits per heavy atom. The topological polar surface area (TPSA) is 89.3 Å². The van der Waals surface area contributed by atoms with Gasteiger partial charge in [-0.15, -0.1) is 0 Å². The highest BCUT2D eigenvalue weighted by Crippen LogP contribution is 2.18. The van der Waals surface area contributed by atoms with Crippen LogP contribution in [0.3, 0.4) is 0 Å². The van der Waals surface area contributed by atoms with E-state index in [1.807, 2.05) is 43.3 Å². The highest BCUT2D eigenvalue weighted by Gasteiger charge is 2.08. The van der Waals surface area contributed by atoms with E-state index in [0.717, 1.165) is 16.8 Å². The second-order valence-corrected chi connectivity index (χ2v) is 5.97. The number of aromatic nitrogens is 2. The molecule has 0 aliphatic rings. The summed E-state index contributed by atoms with van der Waals surface area (Å²) in [6.45, 7) is 2.47. The summed E-state index contributed by atoms with van der Waals surface area (Å²) in [4.78, 5) is 8.63. The Kier molecular flexibility index (Phi) is 5.30. The summed E-state index contributed by atoms with van der Waals surface area (Å²) >= 11 is 5.87. The molecule has 0 aliphatic carbocycles. The Bertz CT molecular complexity index is 873. The molecule has 3 N–H and O–H groups in total. The van der Waals surface area contributed by atoms with E-state index in [0.29, 0.717) is 35.7 Å². The number of guanidine groups is 1. The zero-order valence-corrected chi connectivity index (χ0v) is 14.5. The fourth-order valence-corrected chi connectivity index (χ4v) is 2.38. The lowest BCUT2D eigenvalue weighted by atomic mass is 10.2. The van der Waals surface area contributed by atoms with Crippen LogP contribution in [-0.2, 0) is 6.42 Å². The number of halogens is 1. The molecule has 0 atom stereocenters. The van der Waals surface area contributed by atoms with Crippen LogP contribution >= 0.6 is 11.6 Å². The summed E-state index contributed by atoms with van der Waals surface area (Å²) in [5.41, 5.74) is 8.80. The molecule has 0 aliphatic heterocycles. The van der Waals surface area contributed by atoms with Gasteiger partial charge in [0.15, 0.2) is 5.96 Å². The summed E-state index contributed by atoms with van der Waals surface area (Å²) in [6.07, 6.45) is 0.511. The lowest BCUT2D eigenvalue weighted by molar-refractivity contribution is 0.380. The van der Waals surface area contributed by atoms with Crippen LogP contribution in [0, 0.1) is 6.92 Å². The van der Waals surface area contributed by atoms with Crippen LogP contribution in [0.15, 0.2) is 58.0 Å². The van der Waals surface area contributed by atoms with E-state index >= 15 is 0 Å². The van der Waals surface area contributed by atoms with Crippen molar-refractivity contribution in [2.75, 3.05) is 11.9 Å². The fourth-order valence-electron chi connectivity index (χ4n) is 2.25. The van der Waals surface area contributed by atoms with Crippen LogP contribution in [0.4, 0.5) is 5.69 Å². The lowest BCUT2D eigenvalue weighted by Crippen LogP contribution is -2.23. The number of rotatable bonds is 5. The maximum Gasteiger partial charge on any atom is 0.228 e. The molecule has 0 spiro atoms. The van der Waals surface area contributed by atoms with E-state index in [-0.39, 0.29) is 0 Å². The zero-order chi connectivity index (χ0) is 17.6. The third-order valence-electron chi connectivity index (χ3n) is 3.47. The second-order valence-electron chi connectivity index (χ2n) is 5.53. The van der Waals surface area contributed by atoms with Crippen molar-refractivity contribution in [1.82, 2.24) is 10.1 Å². The van der Waals surface area contributed by atoms with Crippen molar-refractivity contribution in [2.24, 2.45) is 10.7 Å². The van der Waals surface area contributed by atoms with Crippen molar-refractivity contribution in [1.29, 1.82) is 0 Å². The van der Waals surface area contributed by atoms with E-state index < -0.39 is 0 Å². The van der Waals surface area contributed by atoms with E-state index in [9.17, 15) is 0 Å². The molecule has 3 aromatic rings. The number of nitrogens with one attached hydrogen (secondary N) is 1. The van der Waals surface area contributed by atoms with Crippen molar-refractivity contribution in [3.05, 3.63) is 65.0 Å². The standard InChI is InChI=1S/C18H18ClN5O/c1-12-3-2-4-15(11-12)22-18(20)21-10-9-16-23-17(24-25-16)13-5-7-14(19)8-6-13/h2-8,11H,9-10H2,1H3,(H3,20,21,22). The van der Waals surface area contributed by atoms with Crippen LogP contribution in [0.1, 0.15) is 11.5 Å². The first-order valence-electron chi connectivity index (χ1n) is 7.82. The zero-order valence-electron chi connectivity index (χ0n) is 13.7. The van der Waals surface area contributed by atoms with Crippen LogP contribution in [0.25, 0.3) is 11.4 Å². The van der Waals surface area contributed by atoms with Gasteiger partial charge in [-0.2, -0.15) is 4.98 Å². The Morgan fingerprint density at radius 1 is 1.24 bits per heavy atom. The molecular weight excluding hydrogens is 338 g/mol. The van der Waals surface area contributed by atoms with E-state index in [1.54, 1.807) is 12.1 Å². The molecular formula is C18H18ClN5O. The smallest absolute Gasteiger partial charge is 0.228 e. The SMILES string of the molecule is Cc1cccc(NC(N)=NCCc2nc(-c3ccc(Cl)cc3)no2)c1. The van der Waals surface area contributed by atoms with Gasteiger partial charge >= 0.3 is 0 Å². The third kappa shape index (κ3) is 4.81. The number of anilines is 1. The average Bonchev–Trinajstić information content (AvgIpc) is 3.04. The molecule has 128 valence electrons. The predicted octanol–water partition coefficient (Wildman–Crippen LogP) is 3.67. The first-order chi connectivity index (χ1) is 12.1. The maximum atomic E-state index is 5.89. The van der Waals surface area contributed by atoms with Gasteiger partial charge in [0.25, 0.3) is 0 Å². The summed E-state index contributed by atoms with van der Waals surface area (Å²) in [7, 11) is 0. The monoisotopic (exact) mass is 355 g/mol. The van der Waals surface area contributed by atoms with Crippen LogP contribution < -0.4 is 11.1 Å². The normalized spacial score (nSPS) is 11.5. The number of aliphatic imine (C=N–C) groups is 1. The Balaban J connectivity index is 1.56. The minimum Gasteiger partial charge on any atom is -0.370 e. The quantitative estimate of drug-likeness (QED) is 0.538. The molecule has 0 saturated carbocycles. The van der Waals surface area contributed by atoms with Crippen molar-refractivity contribution in [3.8, 4) is 11.4 Å². The van der Waals surface area contributed by atoms with Crippen molar-refractivity contribution >= 4 is 23.2 Å². The fraction of sp³-hybridized carbons (Fsp3) is 0.167. The largest absolute Gasteiger partial charge is 0.370 e. The van der Waals surface area contributed by atoms with E-state index in [2.05, 4.69) is 20.4 Å². The molecule has 0 bridgehead atoms. The molecule has 1 aromatic heterocycles. The summed E-state index contributed by atoms with van der Waals surface area (Å²) < 4.78 is 5.24. The molecule has 25 heavy (non-hydrogen) atoms. The average molecular weight is 356 g/mol. The number of nitrogens with zero attached hydrogens (tertiary/aromatic N) is 3. The number of benzene rings is 2. The van der Waals surface area contributed by atoms with Gasteiger partial charge in [-0.3, -0.25) is 4.99 Å². The Morgan fingerprint density at radius 2 is 2.04 bits per heavy atom. The highest BCUT2D eigenvalue weighted by molar-refractivity contribution is 6.30. The van der Waals surface area contributed by atoms with Crippen molar-refractivity contribution in [2.45, 2.75) is 13.3 Å². The molecule has 0 unspecified atom stereocenters. The number of hydrogen-bond acceptors (Lipinski definition) is 4. The van der Waals surface area contributed by atoms with Crippen molar-refractivity contribution < 1.29 is 4.52 Å². The number of aryl methyl sites for hydroxylation is 1. The highest BCUT2D eigenvalue weighted by atomic mass is 35.5. The first-order valence-corrected chi connectivity index (χ1v) is 8.20. The van der Waals surface area contributed by atoms with Gasteiger partial charge in [-0.25, -0.2) is 0 Å². The van der Waals surface area contributed by atoms with Gasteiger partial charge in [-0.1, -0.05) is 28.9 Å². The first kappa shape index (κ1) is 17.0. The minimum atomic E-state index is 0.350. The molecule has 3 rings (SSSR count). The number of nitrogens with two attached hydrogens (primary N) is 1. The predicted molar refractivity (Wildman–Crippen MR) is 99.7 cm³/mol. The molecule has 1 heterocycles. The Labute approximate surface area is 150 Å². The maximum absolute atomic E-state index is 5.89. The van der Waals surface area contributed by atoms with Gasteiger partial charge < -0.3 is 15.6 Å². The van der Waals surface area contributed by atoms with Gasteiger partial charge in [0, 0.05) is 22.7 Å².